The third-order valence-electron chi connectivity index (χ3n) is 4.94. The van der Waals surface area contributed by atoms with Crippen molar-refractivity contribution in [2.75, 3.05) is 13.7 Å². The van der Waals surface area contributed by atoms with E-state index in [2.05, 4.69) is 30.6 Å². The zero-order chi connectivity index (χ0) is 22.5. The predicted molar refractivity (Wildman–Crippen MR) is 118 cm³/mol. The zero-order valence-corrected chi connectivity index (χ0v) is 17.3. The topological polar surface area (TPSA) is 129 Å². The van der Waals surface area contributed by atoms with Crippen LogP contribution < -0.4 is 10.6 Å². The lowest BCUT2D eigenvalue weighted by atomic mass is 10.0. The molecule has 0 bridgehead atoms. The van der Waals surface area contributed by atoms with Gasteiger partial charge in [0.1, 0.15) is 11.4 Å². The van der Waals surface area contributed by atoms with E-state index in [1.54, 1.807) is 12.1 Å². The van der Waals surface area contributed by atoms with E-state index in [0.29, 0.717) is 11.4 Å². The van der Waals surface area contributed by atoms with Gasteiger partial charge in [0.05, 0.1) is 19.3 Å². The number of aromatic amines is 2. The first-order valence-corrected chi connectivity index (χ1v) is 9.90. The highest BCUT2D eigenvalue weighted by Crippen LogP contribution is 2.22. The molecule has 0 aliphatic heterocycles. The van der Waals surface area contributed by atoms with E-state index < -0.39 is 5.97 Å². The molecule has 4 N–H and O–H groups in total. The molecule has 9 heteroatoms. The predicted octanol–water partition coefficient (Wildman–Crippen LogP) is 2.39. The van der Waals surface area contributed by atoms with Crippen molar-refractivity contribution in [2.24, 2.45) is 0 Å². The summed E-state index contributed by atoms with van der Waals surface area (Å²) in [7, 11) is 1.29. The van der Waals surface area contributed by atoms with Crippen molar-refractivity contribution >= 4 is 28.7 Å². The summed E-state index contributed by atoms with van der Waals surface area (Å²) in [6.07, 6.45) is 0. The molecule has 0 atom stereocenters. The first-order valence-electron chi connectivity index (χ1n) is 9.90. The summed E-state index contributed by atoms with van der Waals surface area (Å²) in [6, 6.07) is 18.3. The molecule has 0 spiro atoms. The molecule has 0 saturated heterocycles. The third kappa shape index (κ3) is 4.51. The Kier molecular flexibility index (Phi) is 5.98. The van der Waals surface area contributed by atoms with Crippen LogP contribution in [0.5, 0.6) is 0 Å². The van der Waals surface area contributed by atoms with E-state index in [9.17, 15) is 14.4 Å². The molecule has 4 rings (SSSR count). The summed E-state index contributed by atoms with van der Waals surface area (Å²) < 4.78 is 4.69. The lowest BCUT2D eigenvalue weighted by Crippen LogP contribution is -2.36. The highest BCUT2D eigenvalue weighted by Gasteiger charge is 2.14. The Morgan fingerprint density at radius 1 is 0.969 bits per heavy atom. The van der Waals surface area contributed by atoms with E-state index in [4.69, 9.17) is 0 Å². The number of hydrogen-bond acceptors (Lipinski definition) is 5. The van der Waals surface area contributed by atoms with Gasteiger partial charge in [-0.1, -0.05) is 42.5 Å². The number of ether oxygens (including phenoxy) is 1. The van der Waals surface area contributed by atoms with Crippen LogP contribution in [0.3, 0.4) is 0 Å². The SMILES string of the molecule is COC(=O)c1cc(-c2ccccc2CNC(=O)CNC(=O)c2cc3ccccc3[nH]2)n[nH]1. The maximum Gasteiger partial charge on any atom is 0.356 e. The van der Waals surface area contributed by atoms with Gasteiger partial charge in [0.15, 0.2) is 0 Å². The smallest absolute Gasteiger partial charge is 0.356 e. The summed E-state index contributed by atoms with van der Waals surface area (Å²) in [5.41, 5.74) is 3.62. The molecule has 0 fully saturated rings. The molecule has 2 aromatic carbocycles. The van der Waals surface area contributed by atoms with E-state index in [1.807, 2.05) is 48.5 Å². The van der Waals surface area contributed by atoms with Crippen molar-refractivity contribution in [1.29, 1.82) is 0 Å². The van der Waals surface area contributed by atoms with Gasteiger partial charge in [-0.2, -0.15) is 5.10 Å². The monoisotopic (exact) mass is 431 g/mol. The standard InChI is InChI=1S/C23H21N5O4/c1-32-23(31)20-11-18(27-28-20)16-8-4-2-7-15(16)12-24-21(29)13-25-22(30)19-10-14-6-3-5-9-17(14)26-19/h2-11,26H,12-13H2,1H3,(H,24,29)(H,25,30)(H,27,28). The number of para-hydroxylation sites is 1. The molecule has 0 radical (unpaired) electrons. The van der Waals surface area contributed by atoms with Crippen LogP contribution in [0, 0.1) is 0 Å². The number of esters is 1. The lowest BCUT2D eigenvalue weighted by Gasteiger charge is -2.09. The molecule has 0 unspecified atom stereocenters. The van der Waals surface area contributed by atoms with Gasteiger partial charge in [-0.3, -0.25) is 14.7 Å². The van der Waals surface area contributed by atoms with Crippen LogP contribution in [-0.2, 0) is 16.1 Å². The second-order valence-corrected chi connectivity index (χ2v) is 7.05. The van der Waals surface area contributed by atoms with Crippen LogP contribution in [0.25, 0.3) is 22.2 Å². The van der Waals surface area contributed by atoms with E-state index in [1.165, 1.54) is 7.11 Å². The number of rotatable bonds is 7. The van der Waals surface area contributed by atoms with Gasteiger partial charge in [0.25, 0.3) is 5.91 Å². The summed E-state index contributed by atoms with van der Waals surface area (Å²) in [4.78, 5) is 39.3. The van der Waals surface area contributed by atoms with Gasteiger partial charge < -0.3 is 20.4 Å². The molecule has 2 amide bonds. The molecular weight excluding hydrogens is 410 g/mol. The highest BCUT2D eigenvalue weighted by atomic mass is 16.5. The van der Waals surface area contributed by atoms with E-state index >= 15 is 0 Å². The van der Waals surface area contributed by atoms with Crippen molar-refractivity contribution in [3.63, 3.8) is 0 Å². The molecule has 162 valence electrons. The van der Waals surface area contributed by atoms with Gasteiger partial charge in [-0.25, -0.2) is 4.79 Å². The number of amides is 2. The Morgan fingerprint density at radius 3 is 2.56 bits per heavy atom. The van der Waals surface area contributed by atoms with Crippen molar-refractivity contribution in [2.45, 2.75) is 6.54 Å². The Morgan fingerprint density at radius 2 is 1.75 bits per heavy atom. The Balaban J connectivity index is 1.35. The maximum absolute atomic E-state index is 12.3. The minimum atomic E-state index is -0.514. The molecule has 4 aromatic rings. The molecule has 32 heavy (non-hydrogen) atoms. The average molecular weight is 431 g/mol. The second-order valence-electron chi connectivity index (χ2n) is 7.05. The average Bonchev–Trinajstić information content (AvgIpc) is 3.48. The van der Waals surface area contributed by atoms with Crippen LogP contribution in [0.4, 0.5) is 0 Å². The molecule has 0 saturated carbocycles. The molecule has 9 nitrogen and oxygen atoms in total. The summed E-state index contributed by atoms with van der Waals surface area (Å²) in [6.45, 7) is 0.0724. The molecular formula is C23H21N5O4. The molecule has 2 heterocycles. The maximum atomic E-state index is 12.3. The fourth-order valence-corrected chi connectivity index (χ4v) is 3.31. The third-order valence-corrected chi connectivity index (χ3v) is 4.94. The van der Waals surface area contributed by atoms with Gasteiger partial charge in [-0.05, 0) is 23.8 Å². The Labute approximate surface area is 183 Å². The summed E-state index contributed by atoms with van der Waals surface area (Å²) in [5, 5.41) is 13.1. The number of hydrogen-bond donors (Lipinski definition) is 4. The van der Waals surface area contributed by atoms with E-state index in [0.717, 1.165) is 22.0 Å². The number of carbonyl (C=O) groups is 3. The largest absolute Gasteiger partial charge is 0.464 e. The number of nitrogens with one attached hydrogen (secondary N) is 4. The van der Waals surface area contributed by atoms with Gasteiger partial charge in [0, 0.05) is 23.0 Å². The van der Waals surface area contributed by atoms with E-state index in [-0.39, 0.29) is 30.6 Å². The Hall–Kier alpha value is -4.40. The molecule has 0 aliphatic rings. The summed E-state index contributed by atoms with van der Waals surface area (Å²) >= 11 is 0. The van der Waals surface area contributed by atoms with Crippen molar-refractivity contribution in [3.05, 3.63) is 77.6 Å². The second kappa shape index (κ2) is 9.17. The van der Waals surface area contributed by atoms with Gasteiger partial charge in [0.2, 0.25) is 5.91 Å². The lowest BCUT2D eigenvalue weighted by molar-refractivity contribution is -0.120. The van der Waals surface area contributed by atoms with Crippen LogP contribution in [0.2, 0.25) is 0 Å². The fourth-order valence-electron chi connectivity index (χ4n) is 3.31. The minimum absolute atomic E-state index is 0.161. The number of H-pyrrole nitrogens is 2. The van der Waals surface area contributed by atoms with Crippen LogP contribution in [-0.4, -0.2) is 46.6 Å². The van der Waals surface area contributed by atoms with Crippen LogP contribution >= 0.6 is 0 Å². The van der Waals surface area contributed by atoms with Crippen molar-refractivity contribution < 1.29 is 19.1 Å². The quantitative estimate of drug-likeness (QED) is 0.334. The fraction of sp³-hybridized carbons (Fsp3) is 0.130. The van der Waals surface area contributed by atoms with Gasteiger partial charge >= 0.3 is 5.97 Å². The highest BCUT2D eigenvalue weighted by molar-refractivity contribution is 5.99. The minimum Gasteiger partial charge on any atom is -0.464 e. The number of methoxy groups -OCH3 is 1. The number of fused-ring (bicyclic) bond motifs is 1. The number of nitrogens with zero attached hydrogens (tertiary/aromatic N) is 1. The summed E-state index contributed by atoms with van der Waals surface area (Å²) in [5.74, 6) is -1.20. The first kappa shape index (κ1) is 20.9. The zero-order valence-electron chi connectivity index (χ0n) is 17.3. The number of aromatic nitrogens is 3. The van der Waals surface area contributed by atoms with Crippen molar-refractivity contribution in [1.82, 2.24) is 25.8 Å². The molecule has 0 aliphatic carbocycles. The van der Waals surface area contributed by atoms with Crippen LogP contribution in [0.15, 0.2) is 60.7 Å². The molecule has 2 aromatic heterocycles. The van der Waals surface area contributed by atoms with Crippen molar-refractivity contribution in [3.8, 4) is 11.3 Å². The Bertz CT molecular complexity index is 1260. The van der Waals surface area contributed by atoms with Gasteiger partial charge in [-0.15, -0.1) is 0 Å². The normalized spacial score (nSPS) is 10.7. The number of carbonyl (C=O) groups excluding carboxylic acids is 3. The number of benzene rings is 2. The first-order chi connectivity index (χ1) is 15.5. The van der Waals surface area contributed by atoms with Crippen LogP contribution in [0.1, 0.15) is 26.5 Å².